The number of halogens is 3. The van der Waals surface area contributed by atoms with Gasteiger partial charge in [0, 0.05) is 11.7 Å². The number of fused-ring (bicyclic) bond motifs is 1. The first-order chi connectivity index (χ1) is 9.52. The van der Waals surface area contributed by atoms with Crippen LogP contribution in [0.3, 0.4) is 0 Å². The van der Waals surface area contributed by atoms with Gasteiger partial charge in [-0.3, -0.25) is 0 Å². The summed E-state index contributed by atoms with van der Waals surface area (Å²) in [5.41, 5.74) is 2.75. The van der Waals surface area contributed by atoms with Crippen molar-refractivity contribution in [2.75, 3.05) is 5.32 Å². The van der Waals surface area contributed by atoms with Gasteiger partial charge in [-0.25, -0.2) is 0 Å². The van der Waals surface area contributed by atoms with E-state index in [-0.39, 0.29) is 6.04 Å². The standard InChI is InChI=1S/C16H14F3N/c17-16(18,19)13-5-7-14(8-6-13)20-15-9-11-3-1-2-4-12(11)10-15/h1-8,15,20H,9-10H2. The number of benzene rings is 2. The first-order valence-electron chi connectivity index (χ1n) is 6.53. The fraction of sp³-hybridized carbons (Fsp3) is 0.250. The van der Waals surface area contributed by atoms with E-state index in [1.54, 1.807) is 0 Å². The second-order valence-corrected chi connectivity index (χ2v) is 5.09. The molecule has 0 radical (unpaired) electrons. The Balaban J connectivity index is 1.68. The Morgan fingerprint density at radius 2 is 1.40 bits per heavy atom. The molecule has 2 aromatic rings. The minimum Gasteiger partial charge on any atom is -0.382 e. The van der Waals surface area contributed by atoms with Crippen molar-refractivity contribution < 1.29 is 13.2 Å². The molecule has 1 aliphatic carbocycles. The minimum absolute atomic E-state index is 0.254. The maximum atomic E-state index is 12.5. The van der Waals surface area contributed by atoms with Crippen molar-refractivity contribution in [3.8, 4) is 0 Å². The molecule has 20 heavy (non-hydrogen) atoms. The highest BCUT2D eigenvalue weighted by Crippen LogP contribution is 2.30. The van der Waals surface area contributed by atoms with Crippen LogP contribution in [0.2, 0.25) is 0 Å². The van der Waals surface area contributed by atoms with E-state index in [1.807, 2.05) is 12.1 Å². The molecule has 2 aromatic carbocycles. The second kappa shape index (κ2) is 4.85. The lowest BCUT2D eigenvalue weighted by molar-refractivity contribution is -0.137. The van der Waals surface area contributed by atoms with Crippen molar-refractivity contribution in [2.45, 2.75) is 25.1 Å². The predicted molar refractivity (Wildman–Crippen MR) is 72.7 cm³/mol. The summed E-state index contributed by atoms with van der Waals surface area (Å²) in [6, 6.07) is 13.7. The summed E-state index contributed by atoms with van der Waals surface area (Å²) >= 11 is 0. The molecule has 0 spiro atoms. The molecular formula is C16H14F3N. The third-order valence-electron chi connectivity index (χ3n) is 3.63. The molecule has 0 aliphatic heterocycles. The van der Waals surface area contributed by atoms with Gasteiger partial charge in [0.15, 0.2) is 0 Å². The highest BCUT2D eigenvalue weighted by molar-refractivity contribution is 5.48. The Morgan fingerprint density at radius 1 is 0.850 bits per heavy atom. The van der Waals surface area contributed by atoms with Crippen LogP contribution in [0.1, 0.15) is 16.7 Å². The molecule has 4 heteroatoms. The van der Waals surface area contributed by atoms with Gasteiger partial charge in [0.25, 0.3) is 0 Å². The number of nitrogens with one attached hydrogen (secondary N) is 1. The summed E-state index contributed by atoms with van der Waals surface area (Å²) < 4.78 is 37.4. The fourth-order valence-electron chi connectivity index (χ4n) is 2.65. The van der Waals surface area contributed by atoms with Gasteiger partial charge < -0.3 is 5.32 Å². The number of anilines is 1. The molecule has 0 unspecified atom stereocenters. The van der Waals surface area contributed by atoms with Crippen LogP contribution in [-0.2, 0) is 19.0 Å². The molecule has 1 nitrogen and oxygen atoms in total. The zero-order chi connectivity index (χ0) is 14.2. The summed E-state index contributed by atoms with van der Waals surface area (Å²) in [5.74, 6) is 0. The van der Waals surface area contributed by atoms with Crippen LogP contribution in [0.4, 0.5) is 18.9 Å². The topological polar surface area (TPSA) is 12.0 Å². The summed E-state index contributed by atoms with van der Waals surface area (Å²) in [5, 5.41) is 3.30. The molecule has 0 saturated heterocycles. The van der Waals surface area contributed by atoms with Gasteiger partial charge in [-0.2, -0.15) is 13.2 Å². The largest absolute Gasteiger partial charge is 0.416 e. The summed E-state index contributed by atoms with van der Waals surface area (Å²) in [6.45, 7) is 0. The second-order valence-electron chi connectivity index (χ2n) is 5.09. The Hall–Kier alpha value is -1.97. The van der Waals surface area contributed by atoms with Gasteiger partial charge in [-0.05, 0) is 48.2 Å². The molecule has 104 valence electrons. The molecule has 0 fully saturated rings. The maximum absolute atomic E-state index is 12.5. The molecule has 0 aromatic heterocycles. The van der Waals surface area contributed by atoms with Crippen LogP contribution < -0.4 is 5.32 Å². The van der Waals surface area contributed by atoms with Gasteiger partial charge in [0.2, 0.25) is 0 Å². The molecule has 0 bridgehead atoms. The average molecular weight is 277 g/mol. The third-order valence-corrected chi connectivity index (χ3v) is 3.63. The lowest BCUT2D eigenvalue weighted by atomic mass is 10.1. The lowest BCUT2D eigenvalue weighted by Gasteiger charge is -2.14. The number of hydrogen-bond donors (Lipinski definition) is 1. The van der Waals surface area contributed by atoms with Crippen molar-refractivity contribution in [1.82, 2.24) is 0 Å². The zero-order valence-corrected chi connectivity index (χ0v) is 10.7. The Morgan fingerprint density at radius 3 is 1.90 bits per heavy atom. The van der Waals surface area contributed by atoms with Gasteiger partial charge in [0.05, 0.1) is 5.56 Å². The van der Waals surface area contributed by atoms with Crippen LogP contribution in [0.5, 0.6) is 0 Å². The van der Waals surface area contributed by atoms with E-state index in [0.29, 0.717) is 0 Å². The van der Waals surface area contributed by atoms with E-state index in [0.717, 1.165) is 30.7 Å². The zero-order valence-electron chi connectivity index (χ0n) is 10.7. The number of rotatable bonds is 2. The Bertz CT molecular complexity index is 577. The molecule has 1 N–H and O–H groups in total. The van der Waals surface area contributed by atoms with Gasteiger partial charge >= 0.3 is 6.18 Å². The SMILES string of the molecule is FC(F)(F)c1ccc(NC2Cc3ccccc3C2)cc1. The normalized spacial score (nSPS) is 15.2. The Labute approximate surface area is 115 Å². The monoisotopic (exact) mass is 277 g/mol. The van der Waals surface area contributed by atoms with Crippen LogP contribution in [0, 0.1) is 0 Å². The van der Waals surface area contributed by atoms with Crippen molar-refractivity contribution in [3.05, 3.63) is 65.2 Å². The highest BCUT2D eigenvalue weighted by atomic mass is 19.4. The van der Waals surface area contributed by atoms with Crippen LogP contribution in [0.15, 0.2) is 48.5 Å². The number of hydrogen-bond acceptors (Lipinski definition) is 1. The first-order valence-corrected chi connectivity index (χ1v) is 6.53. The number of alkyl halides is 3. The first kappa shape index (κ1) is 13.0. The molecular weight excluding hydrogens is 263 g/mol. The van der Waals surface area contributed by atoms with Crippen molar-refractivity contribution >= 4 is 5.69 Å². The van der Waals surface area contributed by atoms with Gasteiger partial charge in [-0.1, -0.05) is 24.3 Å². The van der Waals surface area contributed by atoms with Crippen molar-refractivity contribution in [2.24, 2.45) is 0 Å². The molecule has 0 amide bonds. The summed E-state index contributed by atoms with van der Waals surface area (Å²) in [6.07, 6.45) is -2.45. The lowest BCUT2D eigenvalue weighted by Crippen LogP contribution is -2.19. The smallest absolute Gasteiger partial charge is 0.382 e. The van der Waals surface area contributed by atoms with Crippen molar-refractivity contribution in [3.63, 3.8) is 0 Å². The van der Waals surface area contributed by atoms with Crippen LogP contribution in [-0.4, -0.2) is 6.04 Å². The van der Waals surface area contributed by atoms with Crippen LogP contribution >= 0.6 is 0 Å². The quantitative estimate of drug-likeness (QED) is 0.863. The molecule has 0 saturated carbocycles. The molecule has 1 aliphatic rings. The van der Waals surface area contributed by atoms with Crippen LogP contribution in [0.25, 0.3) is 0 Å². The maximum Gasteiger partial charge on any atom is 0.416 e. The van der Waals surface area contributed by atoms with E-state index >= 15 is 0 Å². The van der Waals surface area contributed by atoms with E-state index in [2.05, 4.69) is 17.4 Å². The third kappa shape index (κ3) is 2.64. The van der Waals surface area contributed by atoms with E-state index in [1.165, 1.54) is 23.3 Å². The summed E-state index contributed by atoms with van der Waals surface area (Å²) in [4.78, 5) is 0. The van der Waals surface area contributed by atoms with E-state index in [9.17, 15) is 13.2 Å². The molecule has 0 atom stereocenters. The molecule has 3 rings (SSSR count). The Kier molecular flexibility index (Phi) is 3.16. The minimum atomic E-state index is -4.28. The molecule has 0 heterocycles. The van der Waals surface area contributed by atoms with E-state index in [4.69, 9.17) is 0 Å². The highest BCUT2D eigenvalue weighted by Gasteiger charge is 2.30. The summed E-state index contributed by atoms with van der Waals surface area (Å²) in [7, 11) is 0. The average Bonchev–Trinajstić information content (AvgIpc) is 2.80. The predicted octanol–water partition coefficient (Wildman–Crippen LogP) is 4.28. The van der Waals surface area contributed by atoms with Gasteiger partial charge in [0.1, 0.15) is 0 Å². The van der Waals surface area contributed by atoms with Crippen molar-refractivity contribution in [1.29, 1.82) is 0 Å². The van der Waals surface area contributed by atoms with E-state index < -0.39 is 11.7 Å². The fourth-order valence-corrected chi connectivity index (χ4v) is 2.65. The van der Waals surface area contributed by atoms with Gasteiger partial charge in [-0.15, -0.1) is 0 Å².